The zero-order chi connectivity index (χ0) is 15.6. The van der Waals surface area contributed by atoms with Gasteiger partial charge in [0, 0.05) is 16.1 Å². The highest BCUT2D eigenvalue weighted by Crippen LogP contribution is 2.28. The molecule has 108 valence electrons. The zero-order valence-electron chi connectivity index (χ0n) is 11.5. The molecule has 0 atom stereocenters. The van der Waals surface area contributed by atoms with Gasteiger partial charge >= 0.3 is 0 Å². The fourth-order valence-corrected chi connectivity index (χ4v) is 2.11. The van der Waals surface area contributed by atoms with Crippen LogP contribution in [0.3, 0.4) is 0 Å². The summed E-state index contributed by atoms with van der Waals surface area (Å²) in [5.74, 6) is -0.381. The second-order valence-electron chi connectivity index (χ2n) is 4.67. The van der Waals surface area contributed by atoms with Gasteiger partial charge in [-0.1, -0.05) is 15.9 Å². The fraction of sp³-hybridized carbons (Fsp3) is 0.133. The molecule has 0 aromatic heterocycles. The third-order valence-corrected chi connectivity index (χ3v) is 3.69. The minimum Gasteiger partial charge on any atom is -0.316 e. The van der Waals surface area contributed by atoms with Crippen LogP contribution in [0.4, 0.5) is 11.4 Å². The molecule has 2 aromatic rings. The number of anilines is 1. The second kappa shape index (κ2) is 6.05. The molecule has 0 aliphatic carbocycles. The second-order valence-corrected chi connectivity index (χ2v) is 5.59. The van der Waals surface area contributed by atoms with Crippen molar-refractivity contribution in [2.24, 2.45) is 0 Å². The van der Waals surface area contributed by atoms with Gasteiger partial charge in [-0.15, -0.1) is 0 Å². The largest absolute Gasteiger partial charge is 0.316 e. The highest BCUT2D eigenvalue weighted by Gasteiger charge is 2.18. The number of nitro groups is 1. The van der Waals surface area contributed by atoms with Crippen LogP contribution in [-0.2, 0) is 0 Å². The van der Waals surface area contributed by atoms with E-state index in [-0.39, 0.29) is 17.3 Å². The van der Waals surface area contributed by atoms with Crippen molar-refractivity contribution in [2.75, 3.05) is 5.32 Å². The lowest BCUT2D eigenvalue weighted by Crippen LogP contribution is -2.13. The first-order valence-corrected chi connectivity index (χ1v) is 7.00. The zero-order valence-corrected chi connectivity index (χ0v) is 13.1. The van der Waals surface area contributed by atoms with Crippen molar-refractivity contribution in [2.45, 2.75) is 13.8 Å². The van der Waals surface area contributed by atoms with E-state index in [1.807, 2.05) is 6.92 Å². The molecule has 0 aliphatic heterocycles. The minimum atomic E-state index is -0.496. The van der Waals surface area contributed by atoms with Gasteiger partial charge < -0.3 is 5.32 Å². The van der Waals surface area contributed by atoms with Crippen molar-refractivity contribution < 1.29 is 9.72 Å². The quantitative estimate of drug-likeness (QED) is 0.666. The van der Waals surface area contributed by atoms with E-state index in [0.29, 0.717) is 5.56 Å². The van der Waals surface area contributed by atoms with E-state index in [2.05, 4.69) is 21.2 Å². The third-order valence-electron chi connectivity index (χ3n) is 3.16. The van der Waals surface area contributed by atoms with Gasteiger partial charge in [-0.2, -0.15) is 0 Å². The maximum Gasteiger partial charge on any atom is 0.293 e. The van der Waals surface area contributed by atoms with Gasteiger partial charge in [0.1, 0.15) is 5.69 Å². The van der Waals surface area contributed by atoms with Gasteiger partial charge in [-0.25, -0.2) is 0 Å². The summed E-state index contributed by atoms with van der Waals surface area (Å²) in [4.78, 5) is 22.7. The van der Waals surface area contributed by atoms with Crippen molar-refractivity contribution >= 4 is 33.2 Å². The Morgan fingerprint density at radius 2 is 1.71 bits per heavy atom. The Bertz CT molecular complexity index is 712. The van der Waals surface area contributed by atoms with Crippen LogP contribution in [0, 0.1) is 24.0 Å². The molecule has 0 unspecified atom stereocenters. The summed E-state index contributed by atoms with van der Waals surface area (Å²) in [7, 11) is 0. The fourth-order valence-electron chi connectivity index (χ4n) is 1.85. The summed E-state index contributed by atoms with van der Waals surface area (Å²) < 4.78 is 0.858. The van der Waals surface area contributed by atoms with Crippen LogP contribution in [0.2, 0.25) is 0 Å². The Hall–Kier alpha value is -2.21. The Kier molecular flexibility index (Phi) is 4.37. The van der Waals surface area contributed by atoms with E-state index in [1.165, 1.54) is 6.07 Å². The number of amides is 1. The molecule has 21 heavy (non-hydrogen) atoms. The molecule has 2 aromatic carbocycles. The van der Waals surface area contributed by atoms with Gasteiger partial charge in [0.15, 0.2) is 0 Å². The van der Waals surface area contributed by atoms with E-state index in [4.69, 9.17) is 0 Å². The molecule has 0 heterocycles. The molecule has 0 saturated heterocycles. The van der Waals surface area contributed by atoms with E-state index < -0.39 is 4.92 Å². The van der Waals surface area contributed by atoms with Gasteiger partial charge in [-0.3, -0.25) is 14.9 Å². The number of benzene rings is 2. The molecule has 0 aliphatic rings. The minimum absolute atomic E-state index is 0.108. The monoisotopic (exact) mass is 348 g/mol. The van der Waals surface area contributed by atoms with Crippen LogP contribution >= 0.6 is 15.9 Å². The Labute approximate surface area is 130 Å². The van der Waals surface area contributed by atoms with Crippen molar-refractivity contribution in [1.29, 1.82) is 0 Å². The predicted octanol–water partition coefficient (Wildman–Crippen LogP) is 4.23. The van der Waals surface area contributed by atoms with Crippen LogP contribution in [0.15, 0.2) is 40.9 Å². The van der Waals surface area contributed by atoms with E-state index in [1.54, 1.807) is 37.3 Å². The highest BCUT2D eigenvalue weighted by atomic mass is 79.9. The van der Waals surface area contributed by atoms with Gasteiger partial charge in [0.05, 0.1) is 4.92 Å². The summed E-state index contributed by atoms with van der Waals surface area (Å²) in [5.41, 5.74) is 2.22. The molecule has 6 heteroatoms. The van der Waals surface area contributed by atoms with Gasteiger partial charge in [0.2, 0.25) is 0 Å². The van der Waals surface area contributed by atoms with Crippen LogP contribution in [-0.4, -0.2) is 10.8 Å². The average Bonchev–Trinajstić information content (AvgIpc) is 2.43. The third kappa shape index (κ3) is 3.46. The topological polar surface area (TPSA) is 72.2 Å². The number of hydrogen-bond acceptors (Lipinski definition) is 3. The molecule has 1 amide bonds. The molecule has 0 radical (unpaired) electrons. The van der Waals surface area contributed by atoms with Crippen LogP contribution < -0.4 is 5.32 Å². The number of nitro benzene ring substituents is 1. The molecular formula is C15H13BrN2O3. The van der Waals surface area contributed by atoms with Crippen LogP contribution in [0.5, 0.6) is 0 Å². The van der Waals surface area contributed by atoms with Crippen molar-refractivity contribution in [3.05, 3.63) is 67.7 Å². The summed E-state index contributed by atoms with van der Waals surface area (Å²) in [6, 6.07) is 9.85. The maximum atomic E-state index is 12.1. The normalized spacial score (nSPS) is 10.2. The summed E-state index contributed by atoms with van der Waals surface area (Å²) >= 11 is 3.29. The Balaban J connectivity index is 2.34. The van der Waals surface area contributed by atoms with Crippen LogP contribution in [0.1, 0.15) is 21.5 Å². The van der Waals surface area contributed by atoms with Gasteiger partial charge in [0.25, 0.3) is 11.6 Å². The van der Waals surface area contributed by atoms with Crippen LogP contribution in [0.25, 0.3) is 0 Å². The molecular weight excluding hydrogens is 336 g/mol. The Morgan fingerprint density at radius 1 is 1.14 bits per heavy atom. The molecule has 0 spiro atoms. The standard InChI is InChI=1S/C15H13BrN2O3/c1-9-7-13(14(18(20)21)8-10(9)2)17-15(19)11-3-5-12(16)6-4-11/h3-8H,1-2H3,(H,17,19). The first kappa shape index (κ1) is 15.2. The molecule has 5 nitrogen and oxygen atoms in total. The maximum absolute atomic E-state index is 12.1. The van der Waals surface area contributed by atoms with Crippen molar-refractivity contribution in [1.82, 2.24) is 0 Å². The van der Waals surface area contributed by atoms with E-state index in [9.17, 15) is 14.9 Å². The lowest BCUT2D eigenvalue weighted by Gasteiger charge is -2.09. The number of halogens is 1. The van der Waals surface area contributed by atoms with Crippen molar-refractivity contribution in [3.63, 3.8) is 0 Å². The molecule has 0 saturated carbocycles. The molecule has 2 rings (SSSR count). The summed E-state index contributed by atoms with van der Waals surface area (Å²) in [6.07, 6.45) is 0. The average molecular weight is 349 g/mol. The van der Waals surface area contributed by atoms with E-state index >= 15 is 0 Å². The predicted molar refractivity (Wildman–Crippen MR) is 84.7 cm³/mol. The van der Waals surface area contributed by atoms with E-state index in [0.717, 1.165) is 15.6 Å². The SMILES string of the molecule is Cc1cc(NC(=O)c2ccc(Br)cc2)c([N+](=O)[O-])cc1C. The summed E-state index contributed by atoms with van der Waals surface area (Å²) in [6.45, 7) is 3.64. The highest BCUT2D eigenvalue weighted by molar-refractivity contribution is 9.10. The number of nitrogens with zero attached hydrogens (tertiary/aromatic N) is 1. The lowest BCUT2D eigenvalue weighted by molar-refractivity contribution is -0.384. The summed E-state index contributed by atoms with van der Waals surface area (Å²) in [5, 5.41) is 13.7. The first-order chi connectivity index (χ1) is 9.88. The number of nitrogens with one attached hydrogen (secondary N) is 1. The lowest BCUT2D eigenvalue weighted by atomic mass is 10.1. The van der Waals surface area contributed by atoms with Crippen molar-refractivity contribution in [3.8, 4) is 0 Å². The number of aryl methyl sites for hydroxylation is 2. The number of carbonyl (C=O) groups excluding carboxylic acids is 1. The molecule has 0 fully saturated rings. The number of hydrogen-bond donors (Lipinski definition) is 1. The Morgan fingerprint density at radius 3 is 2.29 bits per heavy atom. The molecule has 1 N–H and O–H groups in total. The number of carbonyl (C=O) groups is 1. The van der Waals surface area contributed by atoms with Gasteiger partial charge in [-0.05, 0) is 55.3 Å². The smallest absolute Gasteiger partial charge is 0.293 e. The first-order valence-electron chi connectivity index (χ1n) is 6.21. The molecule has 0 bridgehead atoms. The number of rotatable bonds is 3.